The van der Waals surface area contributed by atoms with Crippen LogP contribution in [-0.2, 0) is 14.3 Å². The fourth-order valence-corrected chi connectivity index (χ4v) is 1.85. The van der Waals surface area contributed by atoms with E-state index in [0.29, 0.717) is 11.8 Å². The molecule has 0 amide bonds. The number of aldehydes is 1. The number of ether oxygens (including phenoxy) is 2. The van der Waals surface area contributed by atoms with E-state index in [2.05, 4.69) is 0 Å². The molecule has 5 heteroatoms. The number of carbonyl (C=O) groups is 2. The second-order valence-corrected chi connectivity index (χ2v) is 4.13. The SMILES string of the molecule is O=CC1OCC(O)C1COC(=O)c1ccccc1. The number of hydrogen-bond acceptors (Lipinski definition) is 5. The molecule has 1 aromatic carbocycles. The monoisotopic (exact) mass is 250 g/mol. The normalized spacial score (nSPS) is 26.8. The smallest absolute Gasteiger partial charge is 0.338 e. The van der Waals surface area contributed by atoms with Crippen molar-refractivity contribution in [2.24, 2.45) is 5.92 Å². The first-order chi connectivity index (χ1) is 8.72. The van der Waals surface area contributed by atoms with Gasteiger partial charge in [0.25, 0.3) is 0 Å². The Hall–Kier alpha value is -1.72. The van der Waals surface area contributed by atoms with Gasteiger partial charge >= 0.3 is 5.97 Å². The maximum absolute atomic E-state index is 11.7. The number of carbonyl (C=O) groups excluding carboxylic acids is 2. The average molecular weight is 250 g/mol. The molecule has 18 heavy (non-hydrogen) atoms. The first-order valence-electron chi connectivity index (χ1n) is 5.69. The topological polar surface area (TPSA) is 72.8 Å². The van der Waals surface area contributed by atoms with Crippen molar-refractivity contribution in [3.8, 4) is 0 Å². The summed E-state index contributed by atoms with van der Waals surface area (Å²) in [4.78, 5) is 22.4. The summed E-state index contributed by atoms with van der Waals surface area (Å²) in [6, 6.07) is 8.55. The molecule has 0 aromatic heterocycles. The van der Waals surface area contributed by atoms with Crippen molar-refractivity contribution in [1.82, 2.24) is 0 Å². The van der Waals surface area contributed by atoms with Crippen LogP contribution in [0.1, 0.15) is 10.4 Å². The summed E-state index contributed by atoms with van der Waals surface area (Å²) in [6.45, 7) is 0.0647. The number of hydrogen-bond donors (Lipinski definition) is 1. The maximum atomic E-state index is 11.7. The zero-order chi connectivity index (χ0) is 13.0. The van der Waals surface area contributed by atoms with Crippen LogP contribution in [0.3, 0.4) is 0 Å². The Balaban J connectivity index is 1.91. The van der Waals surface area contributed by atoms with Crippen LogP contribution >= 0.6 is 0 Å². The lowest BCUT2D eigenvalue weighted by atomic mass is 10.0. The molecule has 3 unspecified atom stereocenters. The lowest BCUT2D eigenvalue weighted by Gasteiger charge is -2.15. The molecule has 1 fully saturated rings. The molecule has 0 bridgehead atoms. The highest BCUT2D eigenvalue weighted by Gasteiger charge is 2.36. The van der Waals surface area contributed by atoms with Crippen LogP contribution in [0.15, 0.2) is 30.3 Å². The van der Waals surface area contributed by atoms with E-state index in [-0.39, 0.29) is 13.2 Å². The summed E-state index contributed by atoms with van der Waals surface area (Å²) >= 11 is 0. The molecule has 5 nitrogen and oxygen atoms in total. The molecule has 3 atom stereocenters. The third-order valence-electron chi connectivity index (χ3n) is 2.93. The second-order valence-electron chi connectivity index (χ2n) is 4.13. The van der Waals surface area contributed by atoms with Crippen molar-refractivity contribution >= 4 is 12.3 Å². The van der Waals surface area contributed by atoms with E-state index in [1.807, 2.05) is 0 Å². The summed E-state index contributed by atoms with van der Waals surface area (Å²) in [7, 11) is 0. The standard InChI is InChI=1S/C13H14O5/c14-6-12-10(11(15)8-17-12)7-18-13(16)9-4-2-1-3-5-9/h1-6,10-12,15H,7-8H2. The van der Waals surface area contributed by atoms with Gasteiger partial charge < -0.3 is 19.4 Å². The van der Waals surface area contributed by atoms with Gasteiger partial charge in [-0.2, -0.15) is 0 Å². The zero-order valence-corrected chi connectivity index (χ0v) is 9.69. The van der Waals surface area contributed by atoms with Gasteiger partial charge in [0.1, 0.15) is 12.4 Å². The van der Waals surface area contributed by atoms with Crippen LogP contribution in [0.25, 0.3) is 0 Å². The fourth-order valence-electron chi connectivity index (χ4n) is 1.85. The summed E-state index contributed by atoms with van der Waals surface area (Å²) in [6.07, 6.45) is -0.857. The number of esters is 1. The van der Waals surface area contributed by atoms with Gasteiger partial charge in [0.2, 0.25) is 0 Å². The highest BCUT2D eigenvalue weighted by Crippen LogP contribution is 2.20. The van der Waals surface area contributed by atoms with Crippen LogP contribution in [0, 0.1) is 5.92 Å². The minimum Gasteiger partial charge on any atom is -0.462 e. The Morgan fingerprint density at radius 1 is 1.44 bits per heavy atom. The predicted octanol–water partition coefficient (Wildman–Crippen LogP) is 0.418. The molecule has 2 rings (SSSR count). The highest BCUT2D eigenvalue weighted by atomic mass is 16.5. The fraction of sp³-hybridized carbons (Fsp3) is 0.385. The Labute approximate surface area is 104 Å². The Morgan fingerprint density at radius 2 is 2.17 bits per heavy atom. The van der Waals surface area contributed by atoms with Gasteiger partial charge in [-0.25, -0.2) is 4.79 Å². The molecule has 1 aliphatic heterocycles. The largest absolute Gasteiger partial charge is 0.462 e. The number of rotatable bonds is 4. The van der Waals surface area contributed by atoms with Gasteiger partial charge in [-0.15, -0.1) is 0 Å². The molecule has 0 radical (unpaired) electrons. The molecular weight excluding hydrogens is 236 g/mol. The molecule has 1 saturated heterocycles. The van der Waals surface area contributed by atoms with E-state index in [1.54, 1.807) is 30.3 Å². The van der Waals surface area contributed by atoms with E-state index >= 15 is 0 Å². The minimum absolute atomic E-state index is 0.0295. The molecule has 1 aliphatic rings. The minimum atomic E-state index is -0.774. The third-order valence-corrected chi connectivity index (χ3v) is 2.93. The molecule has 0 spiro atoms. The quantitative estimate of drug-likeness (QED) is 0.619. The maximum Gasteiger partial charge on any atom is 0.338 e. The highest BCUT2D eigenvalue weighted by molar-refractivity contribution is 5.89. The molecule has 1 N–H and O–H groups in total. The Bertz CT molecular complexity index is 417. The van der Waals surface area contributed by atoms with Gasteiger partial charge in [0.15, 0.2) is 0 Å². The number of aliphatic hydroxyl groups is 1. The van der Waals surface area contributed by atoms with Crippen LogP contribution in [0.2, 0.25) is 0 Å². The molecule has 1 heterocycles. The number of aliphatic hydroxyl groups excluding tert-OH is 1. The average Bonchev–Trinajstić information content (AvgIpc) is 2.77. The van der Waals surface area contributed by atoms with Crippen LogP contribution in [0.4, 0.5) is 0 Å². The van der Waals surface area contributed by atoms with Gasteiger partial charge in [-0.05, 0) is 12.1 Å². The van der Waals surface area contributed by atoms with Crippen LogP contribution < -0.4 is 0 Å². The molecule has 1 aromatic rings. The summed E-state index contributed by atoms with van der Waals surface area (Å²) in [5.74, 6) is -0.963. The van der Waals surface area contributed by atoms with Crippen molar-refractivity contribution in [2.75, 3.05) is 13.2 Å². The summed E-state index contributed by atoms with van der Waals surface area (Å²) < 4.78 is 10.1. The van der Waals surface area contributed by atoms with E-state index < -0.39 is 24.1 Å². The van der Waals surface area contributed by atoms with Crippen molar-refractivity contribution in [2.45, 2.75) is 12.2 Å². The predicted molar refractivity (Wildman–Crippen MR) is 62.0 cm³/mol. The van der Waals surface area contributed by atoms with Crippen LogP contribution in [0.5, 0.6) is 0 Å². The molecular formula is C13H14O5. The molecule has 0 saturated carbocycles. The Morgan fingerprint density at radius 3 is 2.83 bits per heavy atom. The molecule has 0 aliphatic carbocycles. The Kier molecular flexibility index (Phi) is 4.07. The van der Waals surface area contributed by atoms with Gasteiger partial charge in [0.05, 0.1) is 30.8 Å². The zero-order valence-electron chi connectivity index (χ0n) is 9.69. The third kappa shape index (κ3) is 2.75. The van der Waals surface area contributed by atoms with Gasteiger partial charge in [-0.3, -0.25) is 0 Å². The van der Waals surface area contributed by atoms with E-state index in [0.717, 1.165) is 0 Å². The van der Waals surface area contributed by atoms with Crippen molar-refractivity contribution < 1.29 is 24.2 Å². The van der Waals surface area contributed by atoms with E-state index in [9.17, 15) is 14.7 Å². The van der Waals surface area contributed by atoms with Gasteiger partial charge in [-0.1, -0.05) is 18.2 Å². The van der Waals surface area contributed by atoms with Crippen molar-refractivity contribution in [3.05, 3.63) is 35.9 Å². The first kappa shape index (κ1) is 12.7. The lowest BCUT2D eigenvalue weighted by molar-refractivity contribution is -0.117. The number of benzene rings is 1. The lowest BCUT2D eigenvalue weighted by Crippen LogP contribution is -2.30. The van der Waals surface area contributed by atoms with Crippen molar-refractivity contribution in [1.29, 1.82) is 0 Å². The van der Waals surface area contributed by atoms with Gasteiger partial charge in [0, 0.05) is 0 Å². The summed E-state index contributed by atoms with van der Waals surface area (Å²) in [5.41, 5.74) is 0.438. The van der Waals surface area contributed by atoms with E-state index in [1.165, 1.54) is 0 Å². The second kappa shape index (κ2) is 5.75. The first-order valence-corrected chi connectivity index (χ1v) is 5.69. The van der Waals surface area contributed by atoms with Crippen molar-refractivity contribution in [3.63, 3.8) is 0 Å². The molecule has 96 valence electrons. The summed E-state index contributed by atoms with van der Waals surface area (Å²) in [5, 5.41) is 9.60. The van der Waals surface area contributed by atoms with E-state index in [4.69, 9.17) is 9.47 Å². The van der Waals surface area contributed by atoms with Crippen LogP contribution in [-0.4, -0.2) is 42.8 Å².